The number of rotatable bonds is 10. The van der Waals surface area contributed by atoms with E-state index in [1.165, 1.54) is 0 Å². The Morgan fingerprint density at radius 3 is 1.61 bits per heavy atom. The van der Waals surface area contributed by atoms with Crippen molar-refractivity contribution in [2.75, 3.05) is 26.4 Å². The van der Waals surface area contributed by atoms with Gasteiger partial charge in [0.1, 0.15) is 0 Å². The average Bonchev–Trinajstić information content (AvgIpc) is 2.48. The topological polar surface area (TPSA) is 71.1 Å². The van der Waals surface area contributed by atoms with Crippen molar-refractivity contribution < 1.29 is 27.2 Å². The third kappa shape index (κ3) is 4.18. The van der Waals surface area contributed by atoms with E-state index in [-0.39, 0.29) is 26.4 Å². The first-order valence-electron chi connectivity index (χ1n) is 8.28. The summed E-state index contributed by atoms with van der Waals surface area (Å²) >= 11 is 0. The first-order valence-corrected chi connectivity index (χ1v) is 11.4. The van der Waals surface area contributed by atoms with Crippen LogP contribution in [0.4, 0.5) is 0 Å². The van der Waals surface area contributed by atoms with Crippen LogP contribution in [0.2, 0.25) is 0 Å². The fourth-order valence-electron chi connectivity index (χ4n) is 3.01. The van der Waals surface area contributed by atoms with Crippen molar-refractivity contribution in [3.8, 4) is 0 Å². The molecule has 0 saturated carbocycles. The minimum absolute atomic E-state index is 0.208. The smallest absolute Gasteiger partial charge is 0.308 e. The minimum Gasteiger partial charge on any atom is -0.308 e. The van der Waals surface area contributed by atoms with Crippen molar-refractivity contribution in [1.29, 1.82) is 0 Å². The molecule has 0 N–H and O–H groups in total. The number of hydrogen-bond acceptors (Lipinski definition) is 6. The van der Waals surface area contributed by atoms with E-state index in [0.29, 0.717) is 19.3 Å². The molecular formula is C15H30O6P2. The van der Waals surface area contributed by atoms with Crippen LogP contribution < -0.4 is 0 Å². The molecule has 1 aliphatic carbocycles. The Morgan fingerprint density at radius 1 is 0.913 bits per heavy atom. The fraction of sp³-hybridized carbons (Fsp3) is 0.867. The van der Waals surface area contributed by atoms with Crippen LogP contribution in [0.1, 0.15) is 53.9 Å². The monoisotopic (exact) mass is 368 g/mol. The van der Waals surface area contributed by atoms with E-state index < -0.39 is 20.1 Å². The van der Waals surface area contributed by atoms with Gasteiger partial charge in [-0.1, -0.05) is 11.6 Å². The van der Waals surface area contributed by atoms with Gasteiger partial charge in [-0.15, -0.1) is 0 Å². The zero-order chi connectivity index (χ0) is 17.6. The molecule has 0 aromatic carbocycles. The van der Waals surface area contributed by atoms with Crippen molar-refractivity contribution in [3.05, 3.63) is 11.6 Å². The molecule has 0 amide bonds. The summed E-state index contributed by atoms with van der Waals surface area (Å²) < 4.78 is 49.6. The van der Waals surface area contributed by atoms with E-state index in [1.807, 2.05) is 6.92 Å². The molecule has 0 aromatic rings. The Labute approximate surface area is 140 Å². The molecule has 0 fully saturated rings. The highest BCUT2D eigenvalue weighted by Gasteiger charge is 2.65. The average molecular weight is 368 g/mol. The molecule has 0 radical (unpaired) electrons. The molecule has 1 aliphatic rings. The van der Waals surface area contributed by atoms with E-state index in [9.17, 15) is 9.13 Å². The molecular weight excluding hydrogens is 338 g/mol. The van der Waals surface area contributed by atoms with Crippen LogP contribution in [0.5, 0.6) is 0 Å². The summed E-state index contributed by atoms with van der Waals surface area (Å²) in [5, 5.41) is 0. The summed E-state index contributed by atoms with van der Waals surface area (Å²) in [5.74, 6) is 0. The van der Waals surface area contributed by atoms with Gasteiger partial charge in [0.15, 0.2) is 4.90 Å². The van der Waals surface area contributed by atoms with Crippen LogP contribution in [-0.4, -0.2) is 31.3 Å². The number of hydrogen-bond donors (Lipinski definition) is 0. The quantitative estimate of drug-likeness (QED) is 0.383. The largest absolute Gasteiger partial charge is 0.349 e. The van der Waals surface area contributed by atoms with Crippen molar-refractivity contribution in [2.45, 2.75) is 58.8 Å². The SMILES string of the molecule is CCOP(=O)(OCC)C1(P(=O)(OCC)OCC)CCC=C(C)C1. The second kappa shape index (κ2) is 8.94. The fourth-order valence-corrected chi connectivity index (χ4v) is 9.06. The van der Waals surface area contributed by atoms with Gasteiger partial charge in [-0.05, 0) is 53.9 Å². The molecule has 0 saturated heterocycles. The predicted molar refractivity (Wildman–Crippen MR) is 92.1 cm³/mol. The zero-order valence-electron chi connectivity index (χ0n) is 14.9. The lowest BCUT2D eigenvalue weighted by atomic mass is 10.00. The maximum Gasteiger partial charge on any atom is 0.349 e. The van der Waals surface area contributed by atoms with E-state index in [4.69, 9.17) is 18.1 Å². The van der Waals surface area contributed by atoms with Gasteiger partial charge in [0.25, 0.3) is 0 Å². The van der Waals surface area contributed by atoms with Gasteiger partial charge in [-0.2, -0.15) is 0 Å². The summed E-state index contributed by atoms with van der Waals surface area (Å²) in [5.41, 5.74) is 0.996. The van der Waals surface area contributed by atoms with Crippen molar-refractivity contribution in [3.63, 3.8) is 0 Å². The van der Waals surface area contributed by atoms with Gasteiger partial charge in [0.05, 0.1) is 26.4 Å². The molecule has 0 aliphatic heterocycles. The Morgan fingerprint density at radius 2 is 1.30 bits per heavy atom. The van der Waals surface area contributed by atoms with E-state index >= 15 is 0 Å². The molecule has 0 spiro atoms. The summed E-state index contributed by atoms with van der Waals surface area (Å²) in [4.78, 5) is -1.28. The molecule has 6 nitrogen and oxygen atoms in total. The Hall–Kier alpha value is 0.0400. The minimum atomic E-state index is -3.70. The first-order chi connectivity index (χ1) is 10.8. The van der Waals surface area contributed by atoms with Crippen LogP contribution in [0.3, 0.4) is 0 Å². The van der Waals surface area contributed by atoms with Gasteiger partial charge in [-0.25, -0.2) is 0 Å². The molecule has 0 aromatic heterocycles. The third-order valence-corrected chi connectivity index (χ3v) is 10.5. The van der Waals surface area contributed by atoms with Crippen molar-refractivity contribution in [1.82, 2.24) is 0 Å². The zero-order valence-corrected chi connectivity index (χ0v) is 16.7. The summed E-state index contributed by atoms with van der Waals surface area (Å²) in [6.07, 6.45) is 3.41. The van der Waals surface area contributed by atoms with Gasteiger partial charge in [0.2, 0.25) is 0 Å². The molecule has 0 heterocycles. The highest BCUT2D eigenvalue weighted by molar-refractivity contribution is 7.74. The van der Waals surface area contributed by atoms with Crippen LogP contribution in [0.15, 0.2) is 11.6 Å². The Kier molecular flexibility index (Phi) is 8.19. The highest BCUT2D eigenvalue weighted by atomic mass is 31.2. The van der Waals surface area contributed by atoms with Crippen molar-refractivity contribution >= 4 is 15.2 Å². The summed E-state index contributed by atoms with van der Waals surface area (Å²) in [6.45, 7) is 9.75. The molecule has 136 valence electrons. The van der Waals surface area contributed by atoms with Gasteiger partial charge < -0.3 is 18.1 Å². The van der Waals surface area contributed by atoms with E-state index in [2.05, 4.69) is 6.08 Å². The van der Waals surface area contributed by atoms with Crippen molar-refractivity contribution in [2.24, 2.45) is 0 Å². The van der Waals surface area contributed by atoms with Gasteiger partial charge in [-0.3, -0.25) is 9.13 Å². The highest BCUT2D eigenvalue weighted by Crippen LogP contribution is 2.81. The molecule has 8 heteroatoms. The Balaban J connectivity index is 3.51. The third-order valence-electron chi connectivity index (χ3n) is 3.82. The number of allylic oxidation sites excluding steroid dienone is 2. The van der Waals surface area contributed by atoms with Gasteiger partial charge >= 0.3 is 15.2 Å². The van der Waals surface area contributed by atoms with E-state index in [0.717, 1.165) is 5.57 Å². The summed E-state index contributed by atoms with van der Waals surface area (Å²) in [6, 6.07) is 0. The molecule has 1 rings (SSSR count). The lowest BCUT2D eigenvalue weighted by Gasteiger charge is -2.44. The van der Waals surface area contributed by atoms with Crippen LogP contribution >= 0.6 is 15.2 Å². The van der Waals surface area contributed by atoms with Crippen LogP contribution in [0, 0.1) is 0 Å². The Bertz CT molecular complexity index is 452. The van der Waals surface area contributed by atoms with Crippen LogP contribution in [-0.2, 0) is 27.2 Å². The first kappa shape index (κ1) is 21.1. The second-order valence-electron chi connectivity index (χ2n) is 5.41. The maximum absolute atomic E-state index is 13.6. The second-order valence-corrected chi connectivity index (χ2v) is 10.5. The lowest BCUT2D eigenvalue weighted by molar-refractivity contribution is 0.172. The van der Waals surface area contributed by atoms with Gasteiger partial charge in [0, 0.05) is 0 Å². The molecule has 0 unspecified atom stereocenters. The molecule has 0 bridgehead atoms. The lowest BCUT2D eigenvalue weighted by Crippen LogP contribution is -2.35. The standard InChI is InChI=1S/C15H30O6P2/c1-6-18-22(16,19-7-2)15(12-10-11-14(5)13-15)23(17,20-8-3)21-9-4/h11H,6-10,12-13H2,1-5H3. The van der Waals surface area contributed by atoms with Crippen LogP contribution in [0.25, 0.3) is 0 Å². The van der Waals surface area contributed by atoms with E-state index in [1.54, 1.807) is 27.7 Å². The maximum atomic E-state index is 13.6. The molecule has 0 atom stereocenters. The normalized spacial score (nSPS) is 18.7. The summed E-state index contributed by atoms with van der Waals surface area (Å²) in [7, 11) is -7.40. The molecule has 23 heavy (non-hydrogen) atoms. The predicted octanol–water partition coefficient (Wildman–Crippen LogP) is 5.35.